The molecule has 12 heavy (non-hydrogen) atoms. The number of aromatic amines is 1. The second kappa shape index (κ2) is 3.63. The van der Waals surface area contributed by atoms with Gasteiger partial charge in [-0.2, -0.15) is 0 Å². The summed E-state index contributed by atoms with van der Waals surface area (Å²) in [5, 5.41) is 0. The van der Waals surface area contributed by atoms with E-state index in [0.717, 1.165) is 6.20 Å². The standard InChI is InChI=1S/C6H7N3O3/c1-12-9-6(11)4-2-7-3-8-5(4)10/h2-3H,1H3,(H,9,11)(H,7,8,10). The molecule has 0 aromatic carbocycles. The van der Waals surface area contributed by atoms with Crippen molar-refractivity contribution < 1.29 is 9.63 Å². The predicted octanol–water partition coefficient (Wildman–Crippen LogP) is -0.939. The van der Waals surface area contributed by atoms with Crippen molar-refractivity contribution in [2.45, 2.75) is 0 Å². The number of amides is 1. The van der Waals surface area contributed by atoms with Crippen molar-refractivity contribution in [3.05, 3.63) is 28.4 Å². The fraction of sp³-hybridized carbons (Fsp3) is 0.167. The summed E-state index contributed by atoms with van der Waals surface area (Å²) in [6, 6.07) is 0. The highest BCUT2D eigenvalue weighted by molar-refractivity contribution is 5.92. The molecule has 2 N–H and O–H groups in total. The third-order valence-corrected chi connectivity index (χ3v) is 1.16. The third kappa shape index (κ3) is 1.67. The van der Waals surface area contributed by atoms with E-state index >= 15 is 0 Å². The van der Waals surface area contributed by atoms with Gasteiger partial charge in [-0.25, -0.2) is 10.5 Å². The van der Waals surface area contributed by atoms with Gasteiger partial charge in [0.25, 0.3) is 11.5 Å². The molecule has 0 saturated heterocycles. The summed E-state index contributed by atoms with van der Waals surface area (Å²) in [6.45, 7) is 0. The number of nitrogens with zero attached hydrogens (tertiary/aromatic N) is 1. The first-order valence-electron chi connectivity index (χ1n) is 3.11. The second-order valence-corrected chi connectivity index (χ2v) is 1.93. The molecule has 1 aromatic heterocycles. The summed E-state index contributed by atoms with van der Waals surface area (Å²) >= 11 is 0. The molecule has 1 amide bonds. The minimum absolute atomic E-state index is 0.0839. The Balaban J connectivity index is 2.95. The van der Waals surface area contributed by atoms with Gasteiger partial charge in [-0.3, -0.25) is 14.4 Å². The van der Waals surface area contributed by atoms with Crippen LogP contribution in [0.2, 0.25) is 0 Å². The minimum Gasteiger partial charge on any atom is -0.312 e. The molecule has 0 spiro atoms. The molecule has 0 saturated carbocycles. The number of hydrogen-bond donors (Lipinski definition) is 2. The Labute approximate surface area is 67.5 Å². The van der Waals surface area contributed by atoms with Gasteiger partial charge >= 0.3 is 0 Å². The average molecular weight is 169 g/mol. The SMILES string of the molecule is CONC(=O)c1cnc[nH]c1=O. The van der Waals surface area contributed by atoms with Gasteiger partial charge in [-0.05, 0) is 0 Å². The van der Waals surface area contributed by atoms with Crippen LogP contribution in [0.15, 0.2) is 17.3 Å². The summed E-state index contributed by atoms with van der Waals surface area (Å²) in [5.74, 6) is -0.619. The lowest BCUT2D eigenvalue weighted by Gasteiger charge is -1.98. The maximum Gasteiger partial charge on any atom is 0.282 e. The number of nitrogens with one attached hydrogen (secondary N) is 2. The highest BCUT2D eigenvalue weighted by Crippen LogP contribution is 1.84. The van der Waals surface area contributed by atoms with E-state index < -0.39 is 11.5 Å². The smallest absolute Gasteiger partial charge is 0.282 e. The molecule has 0 aliphatic carbocycles. The molecule has 64 valence electrons. The Bertz CT molecular complexity index is 333. The number of rotatable bonds is 2. The van der Waals surface area contributed by atoms with Crippen LogP contribution in [0.25, 0.3) is 0 Å². The van der Waals surface area contributed by atoms with Crippen LogP contribution in [0.1, 0.15) is 10.4 Å². The molecule has 0 aliphatic rings. The summed E-state index contributed by atoms with van der Waals surface area (Å²) in [6.07, 6.45) is 2.36. The van der Waals surface area contributed by atoms with Crippen LogP contribution in [-0.4, -0.2) is 23.0 Å². The van der Waals surface area contributed by atoms with E-state index in [1.54, 1.807) is 0 Å². The van der Waals surface area contributed by atoms with Gasteiger partial charge in [0.1, 0.15) is 5.56 Å². The van der Waals surface area contributed by atoms with E-state index in [2.05, 4.69) is 14.8 Å². The van der Waals surface area contributed by atoms with E-state index in [9.17, 15) is 9.59 Å². The number of aromatic nitrogens is 2. The van der Waals surface area contributed by atoms with Crippen molar-refractivity contribution in [3.8, 4) is 0 Å². The molecular weight excluding hydrogens is 162 g/mol. The lowest BCUT2D eigenvalue weighted by molar-refractivity contribution is 0.0535. The molecule has 0 unspecified atom stereocenters. The molecule has 0 bridgehead atoms. The summed E-state index contributed by atoms with van der Waals surface area (Å²) < 4.78 is 0. The minimum atomic E-state index is -0.619. The highest BCUT2D eigenvalue weighted by atomic mass is 16.6. The maximum atomic E-state index is 11.0. The quantitative estimate of drug-likeness (QED) is 0.559. The number of hydrogen-bond acceptors (Lipinski definition) is 4. The van der Waals surface area contributed by atoms with E-state index in [4.69, 9.17) is 0 Å². The van der Waals surface area contributed by atoms with E-state index in [-0.39, 0.29) is 5.56 Å². The van der Waals surface area contributed by atoms with Crippen LogP contribution in [-0.2, 0) is 4.84 Å². The molecule has 1 rings (SSSR count). The zero-order valence-corrected chi connectivity index (χ0v) is 6.33. The molecule has 1 heterocycles. The van der Waals surface area contributed by atoms with Gasteiger partial charge in [0.2, 0.25) is 0 Å². The Kier molecular flexibility index (Phi) is 2.54. The van der Waals surface area contributed by atoms with Crippen LogP contribution >= 0.6 is 0 Å². The molecule has 6 nitrogen and oxygen atoms in total. The lowest BCUT2D eigenvalue weighted by atomic mass is 10.3. The first-order valence-corrected chi connectivity index (χ1v) is 3.11. The first kappa shape index (κ1) is 8.41. The van der Waals surface area contributed by atoms with Crippen LogP contribution in [0.5, 0.6) is 0 Å². The van der Waals surface area contributed by atoms with Crippen LogP contribution in [0.4, 0.5) is 0 Å². The molecule has 0 fully saturated rings. The molecule has 0 atom stereocenters. The van der Waals surface area contributed by atoms with Crippen LogP contribution < -0.4 is 11.0 Å². The van der Waals surface area contributed by atoms with Crippen LogP contribution in [0, 0.1) is 0 Å². The largest absolute Gasteiger partial charge is 0.312 e. The summed E-state index contributed by atoms with van der Waals surface area (Å²) in [5.41, 5.74) is 1.42. The molecule has 0 aliphatic heterocycles. The number of carbonyl (C=O) groups is 1. The Morgan fingerprint density at radius 2 is 2.50 bits per heavy atom. The molecule has 1 aromatic rings. The van der Waals surface area contributed by atoms with Crippen molar-refractivity contribution in [2.75, 3.05) is 7.11 Å². The van der Waals surface area contributed by atoms with Gasteiger partial charge < -0.3 is 4.98 Å². The van der Waals surface area contributed by atoms with Gasteiger partial charge in [-0.1, -0.05) is 0 Å². The van der Waals surface area contributed by atoms with E-state index in [0.29, 0.717) is 0 Å². The van der Waals surface area contributed by atoms with Crippen molar-refractivity contribution >= 4 is 5.91 Å². The third-order valence-electron chi connectivity index (χ3n) is 1.16. The van der Waals surface area contributed by atoms with Gasteiger partial charge in [-0.15, -0.1) is 0 Å². The number of H-pyrrole nitrogens is 1. The Morgan fingerprint density at radius 1 is 1.75 bits per heavy atom. The Morgan fingerprint density at radius 3 is 3.08 bits per heavy atom. The van der Waals surface area contributed by atoms with Crippen molar-refractivity contribution in [1.29, 1.82) is 0 Å². The normalized spacial score (nSPS) is 9.42. The Hall–Kier alpha value is -1.69. The zero-order valence-electron chi connectivity index (χ0n) is 6.33. The monoisotopic (exact) mass is 169 g/mol. The first-order chi connectivity index (χ1) is 5.75. The summed E-state index contributed by atoms with van der Waals surface area (Å²) in [7, 11) is 1.28. The second-order valence-electron chi connectivity index (χ2n) is 1.93. The molecule has 0 radical (unpaired) electrons. The van der Waals surface area contributed by atoms with Crippen LogP contribution in [0.3, 0.4) is 0 Å². The number of carbonyl (C=O) groups excluding carboxylic acids is 1. The van der Waals surface area contributed by atoms with E-state index in [1.807, 2.05) is 5.48 Å². The lowest BCUT2D eigenvalue weighted by Crippen LogP contribution is -2.28. The highest BCUT2D eigenvalue weighted by Gasteiger charge is 2.08. The summed E-state index contributed by atoms with van der Waals surface area (Å²) in [4.78, 5) is 32.1. The van der Waals surface area contributed by atoms with Gasteiger partial charge in [0.15, 0.2) is 0 Å². The van der Waals surface area contributed by atoms with Crippen molar-refractivity contribution in [3.63, 3.8) is 0 Å². The fourth-order valence-corrected chi connectivity index (χ4v) is 0.653. The van der Waals surface area contributed by atoms with Crippen molar-refractivity contribution in [1.82, 2.24) is 15.4 Å². The van der Waals surface area contributed by atoms with E-state index in [1.165, 1.54) is 13.4 Å². The van der Waals surface area contributed by atoms with Gasteiger partial charge in [0, 0.05) is 6.20 Å². The predicted molar refractivity (Wildman–Crippen MR) is 39.3 cm³/mol. The fourth-order valence-electron chi connectivity index (χ4n) is 0.653. The average Bonchev–Trinajstić information content (AvgIpc) is 2.05. The number of hydroxylamine groups is 1. The zero-order chi connectivity index (χ0) is 8.97. The maximum absolute atomic E-state index is 11.0. The molecular formula is C6H7N3O3. The van der Waals surface area contributed by atoms with Crippen molar-refractivity contribution in [2.24, 2.45) is 0 Å². The topological polar surface area (TPSA) is 84.1 Å². The molecule has 6 heteroatoms. The van der Waals surface area contributed by atoms with Gasteiger partial charge in [0.05, 0.1) is 13.4 Å².